The maximum atomic E-state index is 13.5. The van der Waals surface area contributed by atoms with Crippen molar-refractivity contribution in [2.45, 2.75) is 44.9 Å². The van der Waals surface area contributed by atoms with E-state index in [1.807, 2.05) is 30.3 Å². The molecule has 152 valence electrons. The molecule has 2 aliphatic heterocycles. The van der Waals surface area contributed by atoms with Crippen molar-refractivity contribution in [3.05, 3.63) is 64.2 Å². The Balaban J connectivity index is 1.69. The maximum Gasteiger partial charge on any atom is 0.325 e. The summed E-state index contributed by atoms with van der Waals surface area (Å²) in [5.74, 6) is 0.384. The Kier molecular flexibility index (Phi) is 5.48. The Morgan fingerprint density at radius 3 is 2.76 bits per heavy atom. The highest BCUT2D eigenvalue weighted by Crippen LogP contribution is 2.37. The molecule has 2 aromatic carbocycles. The van der Waals surface area contributed by atoms with Gasteiger partial charge in [-0.2, -0.15) is 0 Å². The number of nitrogens with one attached hydrogen (secondary N) is 1. The molecule has 0 aromatic heterocycles. The Morgan fingerprint density at radius 1 is 1.21 bits per heavy atom. The van der Waals surface area contributed by atoms with E-state index in [1.54, 1.807) is 12.1 Å². The van der Waals surface area contributed by atoms with Crippen molar-refractivity contribution in [3.8, 4) is 5.75 Å². The van der Waals surface area contributed by atoms with Gasteiger partial charge in [0.2, 0.25) is 0 Å². The summed E-state index contributed by atoms with van der Waals surface area (Å²) in [5, 5.41) is 3.49. The second kappa shape index (κ2) is 8.05. The molecule has 0 radical (unpaired) electrons. The highest BCUT2D eigenvalue weighted by atomic mass is 35.5. The number of hydrogen-bond acceptors (Lipinski definition) is 4. The minimum absolute atomic E-state index is 0.0915. The molecule has 1 N–H and O–H groups in total. The number of benzene rings is 2. The third-order valence-electron chi connectivity index (χ3n) is 5.43. The van der Waals surface area contributed by atoms with Crippen LogP contribution in [0.15, 0.2) is 42.5 Å². The van der Waals surface area contributed by atoms with E-state index < -0.39 is 11.6 Å². The summed E-state index contributed by atoms with van der Waals surface area (Å²) in [7, 11) is 0. The summed E-state index contributed by atoms with van der Waals surface area (Å²) < 4.78 is 11.0. The molecule has 3 amide bonds. The number of hydrogen-bond donors (Lipinski definition) is 1. The lowest BCUT2D eigenvalue weighted by atomic mass is 9.85. The van der Waals surface area contributed by atoms with Gasteiger partial charge in [0.1, 0.15) is 11.3 Å². The smallest absolute Gasteiger partial charge is 0.325 e. The minimum Gasteiger partial charge on any atom is -0.467 e. The minimum atomic E-state index is -1.04. The first-order valence-electron chi connectivity index (χ1n) is 9.76. The molecule has 0 saturated carbocycles. The first-order valence-corrected chi connectivity index (χ1v) is 10.1. The van der Waals surface area contributed by atoms with E-state index in [-0.39, 0.29) is 19.2 Å². The molecule has 6 nitrogen and oxygen atoms in total. The number of carbonyl (C=O) groups excluding carboxylic acids is 2. The van der Waals surface area contributed by atoms with Gasteiger partial charge in [-0.3, -0.25) is 9.69 Å². The fourth-order valence-electron chi connectivity index (χ4n) is 3.99. The number of halogens is 1. The summed E-state index contributed by atoms with van der Waals surface area (Å²) in [6, 6.07) is 12.5. The highest BCUT2D eigenvalue weighted by molar-refractivity contribution is 6.30. The topological polar surface area (TPSA) is 67.9 Å². The van der Waals surface area contributed by atoms with Crippen molar-refractivity contribution < 1.29 is 19.1 Å². The first kappa shape index (κ1) is 19.7. The number of carbonyl (C=O) groups is 2. The Bertz CT molecular complexity index is 934. The highest BCUT2D eigenvalue weighted by Gasteiger charge is 2.51. The van der Waals surface area contributed by atoms with Crippen LogP contribution in [0.25, 0.3) is 0 Å². The molecule has 2 heterocycles. The molecule has 1 fully saturated rings. The molecule has 1 atom stereocenters. The molecule has 7 heteroatoms. The predicted molar refractivity (Wildman–Crippen MR) is 108 cm³/mol. The maximum absolute atomic E-state index is 13.5. The average Bonchev–Trinajstić information content (AvgIpc) is 2.98. The van der Waals surface area contributed by atoms with Crippen molar-refractivity contribution in [1.29, 1.82) is 0 Å². The normalized spacial score (nSPS) is 21.0. The predicted octanol–water partition coefficient (Wildman–Crippen LogP) is 4.34. The van der Waals surface area contributed by atoms with Crippen LogP contribution >= 0.6 is 11.6 Å². The van der Waals surface area contributed by atoms with Gasteiger partial charge in [0, 0.05) is 16.1 Å². The molecule has 0 aliphatic carbocycles. The van der Waals surface area contributed by atoms with Gasteiger partial charge in [0.05, 0.1) is 13.2 Å². The van der Waals surface area contributed by atoms with Crippen LogP contribution in [-0.4, -0.2) is 23.6 Å². The third kappa shape index (κ3) is 3.58. The molecule has 4 rings (SSSR count). The van der Waals surface area contributed by atoms with Crippen LogP contribution in [-0.2, 0) is 28.2 Å². The van der Waals surface area contributed by atoms with Gasteiger partial charge in [0.25, 0.3) is 5.91 Å². The number of unbranched alkanes of at least 4 members (excludes halogenated alkanes) is 1. The number of amides is 3. The van der Waals surface area contributed by atoms with Crippen LogP contribution < -0.4 is 10.1 Å². The second-order valence-electron chi connectivity index (χ2n) is 7.36. The van der Waals surface area contributed by atoms with E-state index in [0.29, 0.717) is 29.4 Å². The lowest BCUT2D eigenvalue weighted by Gasteiger charge is -2.27. The molecule has 2 aliphatic rings. The molecular formula is C22H23ClN2O4. The quantitative estimate of drug-likeness (QED) is 0.714. The van der Waals surface area contributed by atoms with Crippen LogP contribution in [0.3, 0.4) is 0 Å². The van der Waals surface area contributed by atoms with E-state index in [2.05, 4.69) is 12.2 Å². The average molecular weight is 415 g/mol. The molecule has 1 saturated heterocycles. The second-order valence-corrected chi connectivity index (χ2v) is 7.80. The molecular weight excluding hydrogens is 392 g/mol. The fourth-order valence-corrected chi connectivity index (χ4v) is 4.25. The van der Waals surface area contributed by atoms with Crippen LogP contribution in [0, 0.1) is 0 Å². The number of urea groups is 1. The van der Waals surface area contributed by atoms with Crippen molar-refractivity contribution in [2.24, 2.45) is 0 Å². The fraction of sp³-hybridized carbons (Fsp3) is 0.364. The SMILES string of the molecule is CCCC[C@@]1(c2ccccc2)NC(=O)N(Cc2cc(Cl)cc3c2OCOC3)C1=O. The van der Waals surface area contributed by atoms with Crippen LogP contribution in [0.5, 0.6) is 5.75 Å². The third-order valence-corrected chi connectivity index (χ3v) is 5.65. The number of ether oxygens (including phenoxy) is 2. The van der Waals surface area contributed by atoms with Gasteiger partial charge in [-0.05, 0) is 24.1 Å². The number of nitrogens with zero attached hydrogens (tertiary/aromatic N) is 1. The van der Waals surface area contributed by atoms with Crippen molar-refractivity contribution in [3.63, 3.8) is 0 Å². The summed E-state index contributed by atoms with van der Waals surface area (Å²) in [6.07, 6.45) is 2.29. The van der Waals surface area contributed by atoms with Gasteiger partial charge < -0.3 is 14.8 Å². The summed E-state index contributed by atoms with van der Waals surface area (Å²) in [6.45, 7) is 2.67. The van der Waals surface area contributed by atoms with Crippen molar-refractivity contribution in [1.82, 2.24) is 10.2 Å². The van der Waals surface area contributed by atoms with E-state index in [9.17, 15) is 9.59 Å². The van der Waals surface area contributed by atoms with Crippen LogP contribution in [0.4, 0.5) is 4.79 Å². The summed E-state index contributed by atoms with van der Waals surface area (Å²) in [4.78, 5) is 27.7. The van der Waals surface area contributed by atoms with E-state index in [4.69, 9.17) is 21.1 Å². The zero-order valence-electron chi connectivity index (χ0n) is 16.2. The van der Waals surface area contributed by atoms with Crippen LogP contribution in [0.1, 0.15) is 42.9 Å². The number of fused-ring (bicyclic) bond motifs is 1. The number of rotatable bonds is 6. The van der Waals surface area contributed by atoms with Crippen molar-refractivity contribution in [2.75, 3.05) is 6.79 Å². The van der Waals surface area contributed by atoms with Gasteiger partial charge >= 0.3 is 6.03 Å². The molecule has 0 unspecified atom stereocenters. The number of imide groups is 1. The molecule has 2 aromatic rings. The lowest BCUT2D eigenvalue weighted by molar-refractivity contribution is -0.132. The largest absolute Gasteiger partial charge is 0.467 e. The summed E-state index contributed by atoms with van der Waals surface area (Å²) >= 11 is 6.25. The monoisotopic (exact) mass is 414 g/mol. The van der Waals surface area contributed by atoms with Gasteiger partial charge in [0.15, 0.2) is 6.79 Å². The van der Waals surface area contributed by atoms with E-state index >= 15 is 0 Å². The van der Waals surface area contributed by atoms with E-state index in [1.165, 1.54) is 4.90 Å². The van der Waals surface area contributed by atoms with E-state index in [0.717, 1.165) is 24.0 Å². The Morgan fingerprint density at radius 2 is 2.00 bits per heavy atom. The van der Waals surface area contributed by atoms with Crippen molar-refractivity contribution >= 4 is 23.5 Å². The zero-order chi connectivity index (χ0) is 20.4. The standard InChI is InChI=1S/C22H23ClN2O4/c1-2-3-9-22(17-7-5-4-6-8-17)20(26)25(21(27)24-22)12-15-10-18(23)11-16-13-28-14-29-19(15)16/h4-8,10-11H,2-3,9,12-14H2,1H3,(H,24,27)/t22-/m0/s1. The Labute approximate surface area is 174 Å². The zero-order valence-corrected chi connectivity index (χ0v) is 17.0. The Hall–Kier alpha value is -2.57. The first-order chi connectivity index (χ1) is 14.0. The van der Waals surface area contributed by atoms with Crippen LogP contribution in [0.2, 0.25) is 5.02 Å². The van der Waals surface area contributed by atoms with Gasteiger partial charge in [-0.15, -0.1) is 0 Å². The lowest BCUT2D eigenvalue weighted by Crippen LogP contribution is -2.44. The molecule has 0 spiro atoms. The van der Waals surface area contributed by atoms with Gasteiger partial charge in [-0.1, -0.05) is 61.7 Å². The molecule has 0 bridgehead atoms. The van der Waals surface area contributed by atoms with Gasteiger partial charge in [-0.25, -0.2) is 4.79 Å². The summed E-state index contributed by atoms with van der Waals surface area (Å²) in [5.41, 5.74) is 1.26. The molecule has 29 heavy (non-hydrogen) atoms.